The molecule has 0 bridgehead atoms. The van der Waals surface area contributed by atoms with Gasteiger partial charge in [-0.05, 0) is 60.1 Å². The molecule has 1 aromatic rings. The summed E-state index contributed by atoms with van der Waals surface area (Å²) in [6.45, 7) is 6.84. The molecule has 0 aromatic carbocycles. The van der Waals surface area contributed by atoms with Crippen molar-refractivity contribution in [3.63, 3.8) is 0 Å². The van der Waals surface area contributed by atoms with Crippen molar-refractivity contribution < 1.29 is 0 Å². The molecule has 2 N–H and O–H groups in total. The van der Waals surface area contributed by atoms with E-state index in [1.807, 2.05) is 11.3 Å². The predicted octanol–water partition coefficient (Wildman–Crippen LogP) is 4.41. The van der Waals surface area contributed by atoms with E-state index < -0.39 is 0 Å². The summed E-state index contributed by atoms with van der Waals surface area (Å²) >= 11 is 5.41. The maximum absolute atomic E-state index is 6.44. The number of halogens is 1. The topological polar surface area (TPSA) is 29.3 Å². The van der Waals surface area contributed by atoms with Crippen molar-refractivity contribution in [2.45, 2.75) is 51.6 Å². The molecule has 1 aliphatic carbocycles. The van der Waals surface area contributed by atoms with E-state index in [1.54, 1.807) is 0 Å². The molecule has 2 unspecified atom stereocenters. The molecule has 1 aliphatic rings. The molecule has 0 saturated heterocycles. The van der Waals surface area contributed by atoms with Gasteiger partial charge in [-0.3, -0.25) is 4.90 Å². The number of nitrogens with zero attached hydrogens (tertiary/aromatic N) is 1. The van der Waals surface area contributed by atoms with Crippen molar-refractivity contribution in [2.24, 2.45) is 11.7 Å². The van der Waals surface area contributed by atoms with Crippen LogP contribution in [0.25, 0.3) is 0 Å². The Bertz CT molecular complexity index is 389. The van der Waals surface area contributed by atoms with Gasteiger partial charge in [-0.1, -0.05) is 13.8 Å². The normalized spacial score (nSPS) is 18.8. The van der Waals surface area contributed by atoms with Crippen LogP contribution < -0.4 is 5.73 Å². The summed E-state index contributed by atoms with van der Waals surface area (Å²) in [4.78, 5) is 4.04. The van der Waals surface area contributed by atoms with Gasteiger partial charge in [0.25, 0.3) is 0 Å². The highest BCUT2D eigenvalue weighted by Crippen LogP contribution is 2.36. The van der Waals surface area contributed by atoms with E-state index in [-0.39, 0.29) is 6.04 Å². The van der Waals surface area contributed by atoms with Gasteiger partial charge in [0.05, 0.1) is 6.04 Å². The van der Waals surface area contributed by atoms with Gasteiger partial charge in [0.1, 0.15) is 0 Å². The first kappa shape index (κ1) is 15.5. The molecule has 4 heteroatoms. The van der Waals surface area contributed by atoms with Crippen molar-refractivity contribution in [1.29, 1.82) is 0 Å². The fourth-order valence-corrected chi connectivity index (χ4v) is 4.29. The molecule has 0 radical (unpaired) electrons. The molecule has 1 saturated carbocycles. The van der Waals surface area contributed by atoms with Gasteiger partial charge in [-0.2, -0.15) is 0 Å². The Morgan fingerprint density at radius 2 is 2.21 bits per heavy atom. The van der Waals surface area contributed by atoms with E-state index in [0.29, 0.717) is 6.04 Å². The third-order valence-corrected chi connectivity index (χ3v) is 5.61. The van der Waals surface area contributed by atoms with Crippen molar-refractivity contribution in [1.82, 2.24) is 4.90 Å². The lowest BCUT2D eigenvalue weighted by Gasteiger charge is -2.34. The second kappa shape index (κ2) is 7.21. The van der Waals surface area contributed by atoms with Crippen LogP contribution in [0.1, 0.15) is 50.4 Å². The second-order valence-corrected chi connectivity index (χ2v) is 7.48. The monoisotopic (exact) mass is 344 g/mol. The zero-order chi connectivity index (χ0) is 13.8. The third-order valence-electron chi connectivity index (χ3n) is 3.85. The van der Waals surface area contributed by atoms with E-state index in [1.165, 1.54) is 35.2 Å². The minimum atomic E-state index is 0.232. The average molecular weight is 345 g/mol. The number of nitrogens with two attached hydrogens (primary N) is 1. The lowest BCUT2D eigenvalue weighted by Crippen LogP contribution is -2.41. The van der Waals surface area contributed by atoms with Gasteiger partial charge >= 0.3 is 0 Å². The maximum atomic E-state index is 6.44. The summed E-state index contributed by atoms with van der Waals surface area (Å²) in [6.07, 6.45) is 5.04. The molecule has 0 aliphatic heterocycles. The van der Waals surface area contributed by atoms with E-state index in [9.17, 15) is 0 Å². The lowest BCUT2D eigenvalue weighted by atomic mass is 10.0. The van der Waals surface area contributed by atoms with Crippen LogP contribution in [0.2, 0.25) is 0 Å². The molecule has 0 spiro atoms. The van der Waals surface area contributed by atoms with E-state index in [0.717, 1.165) is 18.9 Å². The fourth-order valence-electron chi connectivity index (χ4n) is 2.63. The van der Waals surface area contributed by atoms with Crippen molar-refractivity contribution in [3.05, 3.63) is 20.8 Å². The maximum Gasteiger partial charge on any atom is 0.0593 e. The number of hydrogen-bond donors (Lipinski definition) is 1. The van der Waals surface area contributed by atoms with Crippen molar-refractivity contribution in [2.75, 3.05) is 13.1 Å². The van der Waals surface area contributed by atoms with Crippen LogP contribution in [-0.4, -0.2) is 24.0 Å². The van der Waals surface area contributed by atoms with E-state index in [2.05, 4.69) is 46.1 Å². The van der Waals surface area contributed by atoms with E-state index in [4.69, 9.17) is 5.73 Å². The van der Waals surface area contributed by atoms with Crippen LogP contribution >= 0.6 is 27.3 Å². The molecule has 1 fully saturated rings. The minimum Gasteiger partial charge on any atom is -0.326 e. The number of rotatable bonds is 8. The van der Waals surface area contributed by atoms with Crippen LogP contribution in [0.5, 0.6) is 0 Å². The molecular weight excluding hydrogens is 320 g/mol. The first-order chi connectivity index (χ1) is 9.15. The lowest BCUT2D eigenvalue weighted by molar-refractivity contribution is 0.164. The van der Waals surface area contributed by atoms with Gasteiger partial charge in [-0.15, -0.1) is 11.3 Å². The summed E-state index contributed by atoms with van der Waals surface area (Å²) in [5.74, 6) is 0.918. The molecule has 2 rings (SSSR count). The second-order valence-electron chi connectivity index (χ2n) is 5.62. The third kappa shape index (κ3) is 4.28. The molecule has 108 valence electrons. The molecule has 2 atom stereocenters. The highest BCUT2D eigenvalue weighted by atomic mass is 79.9. The van der Waals surface area contributed by atoms with Crippen LogP contribution in [0.3, 0.4) is 0 Å². The van der Waals surface area contributed by atoms with Crippen LogP contribution in [0, 0.1) is 5.92 Å². The summed E-state index contributed by atoms with van der Waals surface area (Å²) in [5, 5.41) is 2.17. The minimum absolute atomic E-state index is 0.232. The Hall–Kier alpha value is 0.1000. The Balaban J connectivity index is 2.17. The molecule has 1 heterocycles. The van der Waals surface area contributed by atoms with Crippen LogP contribution in [-0.2, 0) is 0 Å². The molecule has 0 amide bonds. The Morgan fingerprint density at radius 3 is 2.68 bits per heavy atom. The van der Waals surface area contributed by atoms with Crippen molar-refractivity contribution >= 4 is 27.3 Å². The van der Waals surface area contributed by atoms with Gasteiger partial charge in [0.2, 0.25) is 0 Å². The predicted molar refractivity (Wildman–Crippen MR) is 87.6 cm³/mol. The standard InChI is InChI=1S/C15H25BrN2S/c1-3-7-18(9-11-5-6-11)15(13(17)4-2)14-8-12(16)10-19-14/h8,10-11,13,15H,3-7,9,17H2,1-2H3. The summed E-state index contributed by atoms with van der Waals surface area (Å²) in [7, 11) is 0. The van der Waals surface area contributed by atoms with E-state index >= 15 is 0 Å². The van der Waals surface area contributed by atoms with Gasteiger partial charge < -0.3 is 5.73 Å². The van der Waals surface area contributed by atoms with Crippen LogP contribution in [0.4, 0.5) is 0 Å². The average Bonchev–Trinajstić information content (AvgIpc) is 3.11. The number of thiophene rings is 1. The Morgan fingerprint density at radius 1 is 1.47 bits per heavy atom. The van der Waals surface area contributed by atoms with Gasteiger partial charge in [0.15, 0.2) is 0 Å². The van der Waals surface area contributed by atoms with Gasteiger partial charge in [-0.25, -0.2) is 0 Å². The van der Waals surface area contributed by atoms with Gasteiger partial charge in [0, 0.05) is 27.3 Å². The van der Waals surface area contributed by atoms with Crippen LogP contribution in [0.15, 0.2) is 15.9 Å². The Kier molecular flexibility index (Phi) is 5.87. The van der Waals surface area contributed by atoms with Crippen molar-refractivity contribution in [3.8, 4) is 0 Å². The summed E-state index contributed by atoms with van der Waals surface area (Å²) < 4.78 is 1.18. The highest BCUT2D eigenvalue weighted by molar-refractivity contribution is 9.10. The zero-order valence-electron chi connectivity index (χ0n) is 11.9. The summed E-state index contributed by atoms with van der Waals surface area (Å²) in [5.41, 5.74) is 6.44. The first-order valence-corrected chi connectivity index (χ1v) is 9.06. The SMILES string of the molecule is CCCN(CC1CC1)C(c1cc(Br)cs1)C(N)CC. The quantitative estimate of drug-likeness (QED) is 0.756. The molecule has 1 aromatic heterocycles. The highest BCUT2D eigenvalue weighted by Gasteiger charge is 2.31. The number of hydrogen-bond acceptors (Lipinski definition) is 3. The molecule has 19 heavy (non-hydrogen) atoms. The first-order valence-electron chi connectivity index (χ1n) is 7.39. The zero-order valence-corrected chi connectivity index (χ0v) is 14.3. The molecule has 2 nitrogen and oxygen atoms in total. The largest absolute Gasteiger partial charge is 0.326 e. The smallest absolute Gasteiger partial charge is 0.0593 e. The molecular formula is C15H25BrN2S. The summed E-state index contributed by atoms with van der Waals surface area (Å²) in [6, 6.07) is 2.87. The fraction of sp³-hybridized carbons (Fsp3) is 0.733. The Labute approximate surface area is 129 Å².